The zero-order valence-corrected chi connectivity index (χ0v) is 10.9. The number of hydrogen-bond donors (Lipinski definition) is 0. The molecule has 84 valence electrons. The number of alkyl halides is 1. The van der Waals surface area contributed by atoms with E-state index in [0.29, 0.717) is 0 Å². The highest BCUT2D eigenvalue weighted by Crippen LogP contribution is 2.23. The predicted molar refractivity (Wildman–Crippen MR) is 75.9 cm³/mol. The molecule has 0 atom stereocenters. The Labute approximate surface area is 109 Å². The Bertz CT molecular complexity index is 655. The van der Waals surface area contributed by atoms with Crippen LogP contribution in [0.4, 0.5) is 0 Å². The van der Waals surface area contributed by atoms with Gasteiger partial charge in [-0.2, -0.15) is 0 Å². The van der Waals surface area contributed by atoms with Gasteiger partial charge in [-0.3, -0.25) is 0 Å². The maximum atomic E-state index is 3.54. The normalized spacial score (nSPS) is 10.9. The number of para-hydroxylation sites is 2. The van der Waals surface area contributed by atoms with Crippen LogP contribution in [0.2, 0.25) is 0 Å². The number of benzene rings is 2. The molecule has 0 amide bonds. The summed E-state index contributed by atoms with van der Waals surface area (Å²) in [5.74, 6) is 0. The molecule has 3 aromatic rings. The molecule has 0 aliphatic carbocycles. The van der Waals surface area contributed by atoms with Crippen LogP contribution >= 0.6 is 15.9 Å². The molecule has 0 bridgehead atoms. The first-order chi connectivity index (χ1) is 8.40. The summed E-state index contributed by atoms with van der Waals surface area (Å²) in [5, 5.41) is 2.15. The molecule has 0 N–H and O–H groups in total. The monoisotopic (exact) mass is 285 g/mol. The van der Waals surface area contributed by atoms with E-state index in [1.807, 2.05) is 0 Å². The topological polar surface area (TPSA) is 4.93 Å². The van der Waals surface area contributed by atoms with E-state index in [2.05, 4.69) is 81.3 Å². The fourth-order valence-electron chi connectivity index (χ4n) is 2.15. The molecule has 1 nitrogen and oxygen atoms in total. The van der Waals surface area contributed by atoms with Crippen molar-refractivity contribution >= 4 is 26.8 Å². The van der Waals surface area contributed by atoms with Gasteiger partial charge in [0.25, 0.3) is 0 Å². The molecule has 0 fully saturated rings. The van der Waals surface area contributed by atoms with Crippen molar-refractivity contribution in [2.24, 2.45) is 0 Å². The van der Waals surface area contributed by atoms with E-state index in [1.165, 1.54) is 22.2 Å². The largest absolute Gasteiger partial charge is 0.316 e. The second-order valence-corrected chi connectivity index (χ2v) is 4.57. The average molecular weight is 286 g/mol. The summed E-state index contributed by atoms with van der Waals surface area (Å²) in [5.41, 5.74) is 3.79. The number of halogens is 1. The van der Waals surface area contributed by atoms with Crippen LogP contribution in [0.15, 0.2) is 60.8 Å². The highest BCUT2D eigenvalue weighted by atomic mass is 79.9. The van der Waals surface area contributed by atoms with Crippen LogP contribution in [0.5, 0.6) is 0 Å². The van der Waals surface area contributed by atoms with Crippen LogP contribution in [-0.4, -0.2) is 4.57 Å². The van der Waals surface area contributed by atoms with Gasteiger partial charge in [0, 0.05) is 17.2 Å². The molecule has 0 radical (unpaired) electrons. The van der Waals surface area contributed by atoms with Gasteiger partial charge in [0.15, 0.2) is 0 Å². The Kier molecular flexibility index (Phi) is 2.73. The van der Waals surface area contributed by atoms with Gasteiger partial charge in [-0.1, -0.05) is 52.3 Å². The van der Waals surface area contributed by atoms with Crippen molar-refractivity contribution in [1.82, 2.24) is 4.57 Å². The lowest BCUT2D eigenvalue weighted by Crippen LogP contribution is -1.96. The Morgan fingerprint density at radius 3 is 2.53 bits per heavy atom. The number of rotatable bonds is 2. The molecule has 0 aliphatic heterocycles. The second kappa shape index (κ2) is 4.38. The summed E-state index contributed by atoms with van der Waals surface area (Å²) < 4.78 is 2.24. The molecular weight excluding hydrogens is 274 g/mol. The first-order valence-corrected chi connectivity index (χ1v) is 6.72. The Morgan fingerprint density at radius 1 is 0.882 bits per heavy atom. The lowest BCUT2D eigenvalue weighted by molar-refractivity contribution is 1.10. The van der Waals surface area contributed by atoms with Crippen LogP contribution < -0.4 is 0 Å². The van der Waals surface area contributed by atoms with Crippen LogP contribution in [0.1, 0.15) is 5.56 Å². The van der Waals surface area contributed by atoms with Gasteiger partial charge in [-0.25, -0.2) is 0 Å². The zero-order valence-electron chi connectivity index (χ0n) is 9.31. The van der Waals surface area contributed by atoms with Crippen LogP contribution in [-0.2, 0) is 5.33 Å². The molecule has 0 saturated heterocycles. The van der Waals surface area contributed by atoms with Crippen LogP contribution in [0.3, 0.4) is 0 Å². The minimum Gasteiger partial charge on any atom is -0.316 e. The quantitative estimate of drug-likeness (QED) is 0.610. The predicted octanol–water partition coefficient (Wildman–Crippen LogP) is 4.53. The standard InChI is InChI=1S/C15H12BrN/c16-11-13-6-2-4-8-15(13)17-10-9-12-5-1-3-7-14(12)17/h1-10H,11H2. The molecule has 1 heterocycles. The van der Waals surface area contributed by atoms with E-state index < -0.39 is 0 Å². The van der Waals surface area contributed by atoms with Crippen molar-refractivity contribution in [2.45, 2.75) is 5.33 Å². The van der Waals surface area contributed by atoms with Gasteiger partial charge in [-0.05, 0) is 29.1 Å². The molecule has 0 spiro atoms. The summed E-state index contributed by atoms with van der Waals surface area (Å²) in [4.78, 5) is 0. The van der Waals surface area contributed by atoms with Gasteiger partial charge in [-0.15, -0.1) is 0 Å². The molecule has 3 rings (SSSR count). The number of hydrogen-bond acceptors (Lipinski definition) is 0. The smallest absolute Gasteiger partial charge is 0.0528 e. The second-order valence-electron chi connectivity index (χ2n) is 4.01. The van der Waals surface area contributed by atoms with Crippen LogP contribution in [0.25, 0.3) is 16.6 Å². The van der Waals surface area contributed by atoms with Gasteiger partial charge < -0.3 is 4.57 Å². The van der Waals surface area contributed by atoms with E-state index in [1.54, 1.807) is 0 Å². The van der Waals surface area contributed by atoms with Crippen molar-refractivity contribution in [2.75, 3.05) is 0 Å². The minimum atomic E-state index is 0.871. The molecule has 2 aromatic carbocycles. The summed E-state index contributed by atoms with van der Waals surface area (Å²) in [6, 6.07) is 19.1. The first-order valence-electron chi connectivity index (χ1n) is 5.60. The van der Waals surface area contributed by atoms with E-state index in [9.17, 15) is 0 Å². The zero-order chi connectivity index (χ0) is 11.7. The average Bonchev–Trinajstić information content (AvgIpc) is 2.82. The highest BCUT2D eigenvalue weighted by Gasteiger charge is 2.05. The van der Waals surface area contributed by atoms with Gasteiger partial charge in [0.1, 0.15) is 0 Å². The van der Waals surface area contributed by atoms with Crippen molar-refractivity contribution in [3.05, 3.63) is 66.4 Å². The fraction of sp³-hybridized carbons (Fsp3) is 0.0667. The maximum Gasteiger partial charge on any atom is 0.0528 e. The third kappa shape index (κ3) is 1.79. The Hall–Kier alpha value is -1.54. The third-order valence-electron chi connectivity index (χ3n) is 2.99. The van der Waals surface area contributed by atoms with E-state index in [-0.39, 0.29) is 0 Å². The first kappa shape index (κ1) is 10.6. The third-order valence-corrected chi connectivity index (χ3v) is 3.60. The molecule has 0 unspecified atom stereocenters. The summed E-state index contributed by atoms with van der Waals surface area (Å²) >= 11 is 3.54. The van der Waals surface area contributed by atoms with E-state index >= 15 is 0 Å². The maximum absolute atomic E-state index is 3.54. The number of aromatic nitrogens is 1. The van der Waals surface area contributed by atoms with Crippen molar-refractivity contribution in [3.63, 3.8) is 0 Å². The van der Waals surface area contributed by atoms with E-state index in [4.69, 9.17) is 0 Å². The lowest BCUT2D eigenvalue weighted by Gasteiger charge is -2.09. The van der Waals surface area contributed by atoms with Gasteiger partial charge in [0.2, 0.25) is 0 Å². The lowest BCUT2D eigenvalue weighted by atomic mass is 10.2. The molecule has 0 aliphatic rings. The minimum absolute atomic E-state index is 0.871. The molecule has 17 heavy (non-hydrogen) atoms. The Balaban J connectivity index is 2.27. The molecule has 1 aromatic heterocycles. The SMILES string of the molecule is BrCc1ccccc1-n1ccc2ccccc21. The van der Waals surface area contributed by atoms with Crippen molar-refractivity contribution in [3.8, 4) is 5.69 Å². The number of nitrogens with zero attached hydrogens (tertiary/aromatic N) is 1. The van der Waals surface area contributed by atoms with Crippen LogP contribution in [0, 0.1) is 0 Å². The van der Waals surface area contributed by atoms with E-state index in [0.717, 1.165) is 5.33 Å². The van der Waals surface area contributed by atoms with Crippen molar-refractivity contribution < 1.29 is 0 Å². The summed E-state index contributed by atoms with van der Waals surface area (Å²) in [6.45, 7) is 0. The summed E-state index contributed by atoms with van der Waals surface area (Å²) in [7, 11) is 0. The highest BCUT2D eigenvalue weighted by molar-refractivity contribution is 9.08. The van der Waals surface area contributed by atoms with Gasteiger partial charge >= 0.3 is 0 Å². The molecule has 0 saturated carbocycles. The fourth-order valence-corrected chi connectivity index (χ4v) is 2.63. The van der Waals surface area contributed by atoms with Gasteiger partial charge in [0.05, 0.1) is 5.52 Å². The Morgan fingerprint density at radius 2 is 1.65 bits per heavy atom. The number of fused-ring (bicyclic) bond motifs is 1. The van der Waals surface area contributed by atoms with Crippen molar-refractivity contribution in [1.29, 1.82) is 0 Å². The summed E-state index contributed by atoms with van der Waals surface area (Å²) in [6.07, 6.45) is 2.13. The molecule has 2 heteroatoms. The molecular formula is C15H12BrN.